The van der Waals surface area contributed by atoms with Crippen LogP contribution in [0.15, 0.2) is 0 Å². The highest BCUT2D eigenvalue weighted by molar-refractivity contribution is 6.02. The van der Waals surface area contributed by atoms with E-state index in [1.807, 2.05) is 0 Å². The van der Waals surface area contributed by atoms with Crippen LogP contribution in [0, 0.1) is 11.3 Å². The summed E-state index contributed by atoms with van der Waals surface area (Å²) < 4.78 is 0. The maximum absolute atomic E-state index is 11.2. The van der Waals surface area contributed by atoms with Crippen molar-refractivity contribution < 1.29 is 24.6 Å². The Morgan fingerprint density at radius 3 is 1.60 bits per heavy atom. The molecule has 0 heterocycles. The number of hydrogen-bond acceptors (Lipinski definition) is 3. The van der Waals surface area contributed by atoms with Crippen molar-refractivity contribution in [3.8, 4) is 0 Å². The fourth-order valence-electron chi connectivity index (χ4n) is 1.88. The van der Waals surface area contributed by atoms with Gasteiger partial charge in [-0.3, -0.25) is 14.4 Å². The van der Waals surface area contributed by atoms with Gasteiger partial charge in [-0.25, -0.2) is 0 Å². The minimum Gasteiger partial charge on any atom is -0.481 e. The molecular formula is C10H16O5. The quantitative estimate of drug-likeness (QED) is 0.650. The van der Waals surface area contributed by atoms with Crippen LogP contribution in [0.4, 0.5) is 0 Å². The highest BCUT2D eigenvalue weighted by atomic mass is 16.4. The third-order valence-electron chi connectivity index (χ3n) is 2.89. The first-order valence-electron chi connectivity index (χ1n) is 4.80. The van der Waals surface area contributed by atoms with E-state index < -0.39 is 29.1 Å². The molecule has 5 heteroatoms. The zero-order chi connectivity index (χ0) is 12.2. The molecule has 0 amide bonds. The Labute approximate surface area is 88.1 Å². The van der Waals surface area contributed by atoms with Gasteiger partial charge < -0.3 is 10.2 Å². The number of ketones is 1. The molecular weight excluding hydrogens is 200 g/mol. The van der Waals surface area contributed by atoms with Crippen LogP contribution in [0.2, 0.25) is 0 Å². The van der Waals surface area contributed by atoms with Gasteiger partial charge >= 0.3 is 11.9 Å². The number of carbonyl (C=O) groups is 3. The number of carboxylic acids is 2. The molecule has 5 nitrogen and oxygen atoms in total. The Morgan fingerprint density at radius 2 is 1.53 bits per heavy atom. The molecule has 1 atom stereocenters. The van der Waals surface area contributed by atoms with E-state index in [0.29, 0.717) is 0 Å². The molecule has 0 spiro atoms. The Hall–Kier alpha value is -1.39. The topological polar surface area (TPSA) is 91.7 Å². The molecule has 0 aromatic rings. The average molecular weight is 216 g/mol. The van der Waals surface area contributed by atoms with Crippen LogP contribution in [0.1, 0.15) is 33.6 Å². The summed E-state index contributed by atoms with van der Waals surface area (Å²) >= 11 is 0. The maximum Gasteiger partial charge on any atom is 0.315 e. The Bertz CT molecular complexity index is 264. The van der Waals surface area contributed by atoms with E-state index >= 15 is 0 Å². The lowest BCUT2D eigenvalue weighted by Crippen LogP contribution is -2.45. The molecule has 1 unspecified atom stereocenters. The summed E-state index contributed by atoms with van der Waals surface area (Å²) in [5.74, 6) is -4.68. The molecule has 0 aromatic heterocycles. The number of hydrogen-bond donors (Lipinski definition) is 2. The number of aliphatic carboxylic acids is 2. The van der Waals surface area contributed by atoms with E-state index in [2.05, 4.69) is 0 Å². The summed E-state index contributed by atoms with van der Waals surface area (Å²) in [5, 5.41) is 18.0. The van der Waals surface area contributed by atoms with E-state index in [1.165, 1.54) is 0 Å². The van der Waals surface area contributed by atoms with Crippen LogP contribution in [-0.4, -0.2) is 27.9 Å². The second-order valence-electron chi connectivity index (χ2n) is 3.55. The predicted octanol–water partition coefficient (Wildman–Crippen LogP) is 1.17. The predicted molar refractivity (Wildman–Crippen MR) is 52.5 cm³/mol. The zero-order valence-corrected chi connectivity index (χ0v) is 9.11. The van der Waals surface area contributed by atoms with E-state index in [4.69, 9.17) is 10.2 Å². The summed E-state index contributed by atoms with van der Waals surface area (Å²) in [6.45, 7) is 4.27. The van der Waals surface area contributed by atoms with Gasteiger partial charge in [0.15, 0.2) is 0 Å². The molecule has 0 aromatic carbocycles. The molecule has 0 saturated carbocycles. The molecule has 0 aliphatic heterocycles. The number of carbonyl (C=O) groups excluding carboxylic acids is 1. The summed E-state index contributed by atoms with van der Waals surface area (Å²) in [4.78, 5) is 33.3. The fraction of sp³-hybridized carbons (Fsp3) is 0.700. The fourth-order valence-corrected chi connectivity index (χ4v) is 1.88. The number of carboxylic acid groups (broad SMARTS) is 2. The lowest BCUT2D eigenvalue weighted by Gasteiger charge is -2.31. The molecule has 0 saturated heterocycles. The van der Waals surface area contributed by atoms with Crippen molar-refractivity contribution in [1.82, 2.24) is 0 Å². The van der Waals surface area contributed by atoms with Crippen molar-refractivity contribution >= 4 is 17.7 Å². The number of rotatable bonds is 6. The molecule has 86 valence electrons. The summed E-state index contributed by atoms with van der Waals surface area (Å²) in [6, 6.07) is 0. The molecule has 0 aliphatic rings. The Balaban J connectivity index is 5.46. The van der Waals surface area contributed by atoms with Crippen molar-refractivity contribution in [1.29, 1.82) is 0 Å². The third-order valence-corrected chi connectivity index (χ3v) is 2.89. The van der Waals surface area contributed by atoms with Crippen molar-refractivity contribution in [3.63, 3.8) is 0 Å². The van der Waals surface area contributed by atoms with Crippen molar-refractivity contribution in [2.75, 3.05) is 0 Å². The van der Waals surface area contributed by atoms with Gasteiger partial charge in [-0.2, -0.15) is 0 Å². The van der Waals surface area contributed by atoms with Crippen molar-refractivity contribution in [3.05, 3.63) is 0 Å². The van der Waals surface area contributed by atoms with Crippen molar-refractivity contribution in [2.45, 2.75) is 33.6 Å². The average Bonchev–Trinajstić information content (AvgIpc) is 2.11. The highest BCUT2D eigenvalue weighted by Gasteiger charge is 2.49. The Morgan fingerprint density at radius 1 is 1.13 bits per heavy atom. The summed E-state index contributed by atoms with van der Waals surface area (Å²) in [6.07, 6.45) is 0.241. The van der Waals surface area contributed by atoms with Gasteiger partial charge in [-0.1, -0.05) is 13.8 Å². The van der Waals surface area contributed by atoms with Gasteiger partial charge in [0.05, 0.1) is 5.41 Å². The van der Waals surface area contributed by atoms with Crippen LogP contribution < -0.4 is 0 Å². The summed E-state index contributed by atoms with van der Waals surface area (Å²) in [5.41, 5.74) is -1.49. The van der Waals surface area contributed by atoms with Gasteiger partial charge in [0.2, 0.25) is 0 Å². The van der Waals surface area contributed by atoms with E-state index in [9.17, 15) is 14.4 Å². The minimum absolute atomic E-state index is 0.120. The molecule has 2 N–H and O–H groups in total. The molecule has 0 aliphatic carbocycles. The Kier molecular flexibility index (Phi) is 4.45. The van der Waals surface area contributed by atoms with E-state index in [1.54, 1.807) is 13.8 Å². The lowest BCUT2D eigenvalue weighted by atomic mass is 9.69. The molecule has 0 fully saturated rings. The first-order chi connectivity index (χ1) is 6.83. The molecule has 0 rings (SSSR count). The molecule has 0 radical (unpaired) electrons. The normalized spacial score (nSPS) is 13.3. The first kappa shape index (κ1) is 13.6. The molecule has 0 bridgehead atoms. The lowest BCUT2D eigenvalue weighted by molar-refractivity contribution is -0.166. The monoisotopic (exact) mass is 216 g/mol. The van der Waals surface area contributed by atoms with Crippen LogP contribution in [0.5, 0.6) is 0 Å². The van der Waals surface area contributed by atoms with Crippen LogP contribution in [-0.2, 0) is 14.4 Å². The second kappa shape index (κ2) is 4.91. The standard InChI is InChI=1S/C10H16O5/c1-4-10(5-2,9(14)15)7(6(3)11)8(12)13/h7H,4-5H2,1-3H3,(H,12,13)(H,14,15). The summed E-state index contributed by atoms with van der Waals surface area (Å²) in [7, 11) is 0. The first-order valence-corrected chi connectivity index (χ1v) is 4.80. The van der Waals surface area contributed by atoms with Gasteiger partial charge in [0, 0.05) is 0 Å². The smallest absolute Gasteiger partial charge is 0.315 e. The minimum atomic E-state index is -1.49. The van der Waals surface area contributed by atoms with E-state index in [-0.39, 0.29) is 12.8 Å². The van der Waals surface area contributed by atoms with Crippen LogP contribution in [0.25, 0.3) is 0 Å². The van der Waals surface area contributed by atoms with Gasteiger partial charge in [-0.05, 0) is 19.8 Å². The second-order valence-corrected chi connectivity index (χ2v) is 3.55. The molecule has 15 heavy (non-hydrogen) atoms. The van der Waals surface area contributed by atoms with Crippen LogP contribution in [0.3, 0.4) is 0 Å². The van der Waals surface area contributed by atoms with Gasteiger partial charge in [0.1, 0.15) is 11.7 Å². The zero-order valence-electron chi connectivity index (χ0n) is 9.11. The van der Waals surface area contributed by atoms with Gasteiger partial charge in [0.25, 0.3) is 0 Å². The number of Topliss-reactive ketones (excluding diaryl/α,β-unsaturated/α-hetero) is 1. The largest absolute Gasteiger partial charge is 0.481 e. The van der Waals surface area contributed by atoms with Crippen LogP contribution >= 0.6 is 0 Å². The third kappa shape index (κ3) is 2.34. The van der Waals surface area contributed by atoms with Gasteiger partial charge in [-0.15, -0.1) is 0 Å². The van der Waals surface area contributed by atoms with Crippen molar-refractivity contribution in [2.24, 2.45) is 11.3 Å². The van der Waals surface area contributed by atoms with E-state index in [0.717, 1.165) is 6.92 Å². The SMILES string of the molecule is CCC(CC)(C(=O)O)C(C(C)=O)C(=O)O. The maximum atomic E-state index is 11.2. The highest BCUT2D eigenvalue weighted by Crippen LogP contribution is 2.36.